The lowest BCUT2D eigenvalue weighted by molar-refractivity contribution is -0.135. The molecule has 1 unspecified atom stereocenters. The van der Waals surface area contributed by atoms with Gasteiger partial charge in [0.05, 0.1) is 0 Å². The van der Waals surface area contributed by atoms with Crippen LogP contribution >= 0.6 is 0 Å². The van der Waals surface area contributed by atoms with E-state index in [4.69, 9.17) is 0 Å². The van der Waals surface area contributed by atoms with Gasteiger partial charge in [0.1, 0.15) is 6.04 Å². The van der Waals surface area contributed by atoms with Crippen molar-refractivity contribution >= 4 is 28.6 Å². The van der Waals surface area contributed by atoms with Crippen LogP contribution in [0.25, 0.3) is 10.8 Å². The van der Waals surface area contributed by atoms with E-state index in [0.717, 1.165) is 17.4 Å². The molecule has 0 aliphatic carbocycles. The van der Waals surface area contributed by atoms with E-state index in [1.807, 2.05) is 19.1 Å². The Morgan fingerprint density at radius 1 is 1.37 bits per heavy atom. The summed E-state index contributed by atoms with van der Waals surface area (Å²) in [4.78, 5) is 37.2. The molecule has 4 amide bonds. The molecule has 1 aliphatic rings. The molecule has 8 heteroatoms. The van der Waals surface area contributed by atoms with Crippen molar-refractivity contribution < 1.29 is 19.5 Å². The Balaban J connectivity index is 1.89. The van der Waals surface area contributed by atoms with Crippen LogP contribution in [0.2, 0.25) is 0 Å². The van der Waals surface area contributed by atoms with Gasteiger partial charge < -0.3 is 19.9 Å². The number of imide groups is 1. The van der Waals surface area contributed by atoms with E-state index in [0.29, 0.717) is 24.9 Å². The molecule has 0 radical (unpaired) electrons. The lowest BCUT2D eigenvalue weighted by Crippen LogP contribution is -2.41. The average molecular weight is 372 g/mol. The third-order valence-corrected chi connectivity index (χ3v) is 4.78. The Morgan fingerprint density at radius 2 is 2.15 bits per heavy atom. The van der Waals surface area contributed by atoms with Gasteiger partial charge in [0.15, 0.2) is 5.88 Å². The van der Waals surface area contributed by atoms with Crippen molar-refractivity contribution in [3.63, 3.8) is 0 Å². The fourth-order valence-electron chi connectivity index (χ4n) is 3.32. The van der Waals surface area contributed by atoms with E-state index < -0.39 is 11.9 Å². The molecule has 2 aromatic rings. The van der Waals surface area contributed by atoms with Crippen molar-refractivity contribution in [3.8, 4) is 5.88 Å². The molecule has 1 aliphatic heterocycles. The minimum absolute atomic E-state index is 0.0144. The number of amides is 4. The summed E-state index contributed by atoms with van der Waals surface area (Å²) < 4.78 is 1.51. The van der Waals surface area contributed by atoms with Crippen molar-refractivity contribution in [3.05, 3.63) is 30.0 Å². The van der Waals surface area contributed by atoms with E-state index in [9.17, 15) is 19.5 Å². The number of benzene rings is 1. The zero-order valence-electron chi connectivity index (χ0n) is 15.5. The van der Waals surface area contributed by atoms with Gasteiger partial charge in [-0.2, -0.15) is 0 Å². The van der Waals surface area contributed by atoms with Gasteiger partial charge >= 0.3 is 6.03 Å². The van der Waals surface area contributed by atoms with Crippen LogP contribution in [0.3, 0.4) is 0 Å². The van der Waals surface area contributed by atoms with Gasteiger partial charge in [-0.05, 0) is 24.5 Å². The quantitative estimate of drug-likeness (QED) is 0.697. The molecule has 1 aromatic heterocycles. The predicted molar refractivity (Wildman–Crippen MR) is 100 cm³/mol. The number of aromatic hydroxyl groups is 1. The van der Waals surface area contributed by atoms with Crippen LogP contribution in [0.15, 0.2) is 24.4 Å². The summed E-state index contributed by atoms with van der Waals surface area (Å²) >= 11 is 0. The van der Waals surface area contributed by atoms with Crippen LogP contribution in [-0.4, -0.2) is 46.0 Å². The van der Waals surface area contributed by atoms with E-state index in [2.05, 4.69) is 10.6 Å². The standard InChI is InChI=1S/C19H24N4O4/c1-3-9-20-19(27)22(2)10-12-5-4-6-13-14(12)11-23(18(13)26)15-7-8-16(24)21-17(15)25/h4-6,11,15,26H,3,7-10H2,1-2H3,(H,20,27)(H,21,24,25). The molecule has 0 saturated carbocycles. The number of nitrogens with one attached hydrogen (secondary N) is 2. The minimum atomic E-state index is -0.631. The average Bonchev–Trinajstić information content (AvgIpc) is 2.97. The smallest absolute Gasteiger partial charge is 0.317 e. The molecule has 144 valence electrons. The second-order valence-electron chi connectivity index (χ2n) is 6.79. The Kier molecular flexibility index (Phi) is 5.34. The van der Waals surface area contributed by atoms with Crippen molar-refractivity contribution in [1.82, 2.24) is 20.1 Å². The topological polar surface area (TPSA) is 104 Å². The summed E-state index contributed by atoms with van der Waals surface area (Å²) in [6, 6.07) is 4.67. The van der Waals surface area contributed by atoms with Crippen molar-refractivity contribution in [2.24, 2.45) is 0 Å². The maximum atomic E-state index is 12.2. The molecule has 0 bridgehead atoms. The van der Waals surface area contributed by atoms with Crippen LogP contribution in [0, 0.1) is 0 Å². The molecular formula is C19H24N4O4. The van der Waals surface area contributed by atoms with Crippen LogP contribution in [-0.2, 0) is 16.1 Å². The number of carbonyl (C=O) groups is 3. The molecule has 1 fully saturated rings. The Hall–Kier alpha value is -3.03. The highest BCUT2D eigenvalue weighted by Crippen LogP contribution is 2.34. The minimum Gasteiger partial charge on any atom is -0.494 e. The molecule has 1 atom stereocenters. The highest BCUT2D eigenvalue weighted by molar-refractivity contribution is 6.00. The molecule has 1 aromatic carbocycles. The van der Waals surface area contributed by atoms with E-state index in [1.165, 1.54) is 4.57 Å². The molecule has 2 heterocycles. The molecule has 8 nitrogen and oxygen atoms in total. The van der Waals surface area contributed by atoms with Gasteiger partial charge in [0.2, 0.25) is 11.8 Å². The summed E-state index contributed by atoms with van der Waals surface area (Å²) in [7, 11) is 1.71. The summed E-state index contributed by atoms with van der Waals surface area (Å²) in [5.74, 6) is -0.730. The first kappa shape index (κ1) is 18.8. The Labute approximate surface area is 157 Å². The van der Waals surface area contributed by atoms with Crippen LogP contribution < -0.4 is 10.6 Å². The number of hydrogen-bond donors (Lipinski definition) is 3. The lowest BCUT2D eigenvalue weighted by atomic mass is 10.1. The Morgan fingerprint density at radius 3 is 2.85 bits per heavy atom. The van der Waals surface area contributed by atoms with Gasteiger partial charge in [-0.15, -0.1) is 0 Å². The number of hydrogen-bond acceptors (Lipinski definition) is 4. The molecule has 0 spiro atoms. The van der Waals surface area contributed by atoms with Crippen LogP contribution in [0.1, 0.15) is 37.8 Å². The van der Waals surface area contributed by atoms with Gasteiger partial charge in [-0.25, -0.2) is 4.79 Å². The first-order valence-corrected chi connectivity index (χ1v) is 9.06. The summed E-state index contributed by atoms with van der Waals surface area (Å²) in [5, 5.41) is 17.1. The number of aromatic nitrogens is 1. The highest BCUT2D eigenvalue weighted by Gasteiger charge is 2.30. The monoisotopic (exact) mass is 372 g/mol. The van der Waals surface area contributed by atoms with E-state index >= 15 is 0 Å². The largest absolute Gasteiger partial charge is 0.494 e. The lowest BCUT2D eigenvalue weighted by Gasteiger charge is -2.22. The predicted octanol–water partition coefficient (Wildman–Crippen LogP) is 1.88. The van der Waals surface area contributed by atoms with Crippen molar-refractivity contribution in [1.29, 1.82) is 0 Å². The number of piperidine rings is 1. The fraction of sp³-hybridized carbons (Fsp3) is 0.421. The number of fused-ring (bicyclic) bond motifs is 1. The van der Waals surface area contributed by atoms with Crippen molar-refractivity contribution in [2.75, 3.05) is 13.6 Å². The third kappa shape index (κ3) is 3.74. The van der Waals surface area contributed by atoms with Crippen molar-refractivity contribution in [2.45, 2.75) is 38.8 Å². The van der Waals surface area contributed by atoms with Crippen LogP contribution in [0.5, 0.6) is 5.88 Å². The molecule has 3 N–H and O–H groups in total. The Bertz CT molecular complexity index is 889. The van der Waals surface area contributed by atoms with Crippen LogP contribution in [0.4, 0.5) is 4.79 Å². The van der Waals surface area contributed by atoms with E-state index in [-0.39, 0.29) is 24.2 Å². The van der Waals surface area contributed by atoms with Gasteiger partial charge in [-0.1, -0.05) is 19.1 Å². The second-order valence-corrected chi connectivity index (χ2v) is 6.79. The molecular weight excluding hydrogens is 348 g/mol. The zero-order chi connectivity index (χ0) is 19.6. The van der Waals surface area contributed by atoms with Gasteiger partial charge in [0.25, 0.3) is 0 Å². The number of carbonyl (C=O) groups excluding carboxylic acids is 3. The first-order valence-electron chi connectivity index (χ1n) is 9.06. The summed E-state index contributed by atoms with van der Waals surface area (Å²) in [6.45, 7) is 2.97. The molecule has 27 heavy (non-hydrogen) atoms. The first-order chi connectivity index (χ1) is 12.9. The second kappa shape index (κ2) is 7.69. The fourth-order valence-corrected chi connectivity index (χ4v) is 3.32. The maximum Gasteiger partial charge on any atom is 0.317 e. The maximum absolute atomic E-state index is 12.2. The normalized spacial score (nSPS) is 17.0. The summed E-state index contributed by atoms with van der Waals surface area (Å²) in [6.07, 6.45) is 3.15. The number of rotatable bonds is 5. The summed E-state index contributed by atoms with van der Waals surface area (Å²) in [5.41, 5.74) is 0.864. The molecule has 3 rings (SSSR count). The van der Waals surface area contributed by atoms with Gasteiger partial charge in [-0.3, -0.25) is 14.9 Å². The zero-order valence-corrected chi connectivity index (χ0v) is 15.5. The third-order valence-electron chi connectivity index (χ3n) is 4.78. The van der Waals surface area contributed by atoms with Gasteiger partial charge in [0, 0.05) is 43.5 Å². The number of urea groups is 1. The van der Waals surface area contributed by atoms with E-state index in [1.54, 1.807) is 24.2 Å². The highest BCUT2D eigenvalue weighted by atomic mass is 16.3. The number of nitrogens with zero attached hydrogens (tertiary/aromatic N) is 2. The molecule has 1 saturated heterocycles. The SMILES string of the molecule is CCCNC(=O)N(C)Cc1cccc2c(O)n(C3CCC(=O)NC3=O)cc12.